The van der Waals surface area contributed by atoms with E-state index in [-0.39, 0.29) is 17.4 Å². The van der Waals surface area contributed by atoms with E-state index in [1.807, 2.05) is 40.0 Å². The number of rotatable bonds is 7. The zero-order valence-electron chi connectivity index (χ0n) is 23.5. The van der Waals surface area contributed by atoms with Crippen LogP contribution in [0.25, 0.3) is 20.8 Å². The number of aromatic nitrogens is 4. The molecule has 7 nitrogen and oxygen atoms in total. The number of hydrogen-bond acceptors (Lipinski definition) is 8. The second-order valence-corrected chi connectivity index (χ2v) is 13.4. The summed E-state index contributed by atoms with van der Waals surface area (Å²) >= 11 is 1.66. The van der Waals surface area contributed by atoms with E-state index in [0.717, 1.165) is 76.6 Å². The average Bonchev–Trinajstić information content (AvgIpc) is 3.59. The molecule has 2 aliphatic rings. The molecular formula is C31H38N6OS. The third-order valence-corrected chi connectivity index (χ3v) is 9.63. The fourth-order valence-electron chi connectivity index (χ4n) is 6.35. The molecule has 0 aliphatic heterocycles. The minimum Gasteiger partial charge on any atom is -0.390 e. The average molecular weight is 543 g/mol. The third-order valence-electron chi connectivity index (χ3n) is 8.59. The number of hydrogen-bond donors (Lipinski definition) is 3. The van der Waals surface area contributed by atoms with Crippen LogP contribution in [0, 0.1) is 25.2 Å². The molecule has 2 atom stereocenters. The first kappa shape index (κ1) is 26.1. The summed E-state index contributed by atoms with van der Waals surface area (Å²) in [7, 11) is 0. The summed E-state index contributed by atoms with van der Waals surface area (Å²) in [4.78, 5) is 19.4. The second-order valence-electron chi connectivity index (χ2n) is 12.4. The molecule has 1 fully saturated rings. The van der Waals surface area contributed by atoms with Crippen LogP contribution in [-0.2, 0) is 12.8 Å². The SMILES string of the molecule is Cc1nc(NCC2(C)Cc3ccccc3C2)nc(NC2CCC(C(C)(C)O)C2)c1-c1nc2c(C)nccc2s1. The van der Waals surface area contributed by atoms with Crippen molar-refractivity contribution in [2.45, 2.75) is 78.4 Å². The van der Waals surface area contributed by atoms with Crippen LogP contribution in [0.2, 0.25) is 0 Å². The van der Waals surface area contributed by atoms with Crippen molar-refractivity contribution in [3.8, 4) is 10.6 Å². The van der Waals surface area contributed by atoms with Crippen molar-refractivity contribution in [1.82, 2.24) is 19.9 Å². The van der Waals surface area contributed by atoms with Gasteiger partial charge in [0.25, 0.3) is 0 Å². The summed E-state index contributed by atoms with van der Waals surface area (Å²) in [6, 6.07) is 11.0. The fraction of sp³-hybridized carbons (Fsp3) is 0.484. The van der Waals surface area contributed by atoms with E-state index in [2.05, 4.69) is 46.8 Å². The molecule has 0 radical (unpaired) electrons. The lowest BCUT2D eigenvalue weighted by molar-refractivity contribution is 0.0197. The van der Waals surface area contributed by atoms with Crippen molar-refractivity contribution in [3.05, 3.63) is 59.0 Å². The molecule has 0 spiro atoms. The third kappa shape index (κ3) is 5.24. The van der Waals surface area contributed by atoms with E-state index in [4.69, 9.17) is 15.0 Å². The van der Waals surface area contributed by atoms with Gasteiger partial charge in [-0.15, -0.1) is 11.3 Å². The van der Waals surface area contributed by atoms with E-state index in [0.29, 0.717) is 5.95 Å². The molecule has 204 valence electrons. The van der Waals surface area contributed by atoms with Crippen molar-refractivity contribution >= 4 is 33.3 Å². The van der Waals surface area contributed by atoms with Crippen LogP contribution >= 0.6 is 11.3 Å². The second kappa shape index (κ2) is 9.82. The fourth-order valence-corrected chi connectivity index (χ4v) is 7.46. The summed E-state index contributed by atoms with van der Waals surface area (Å²) in [5, 5.41) is 18.9. The molecule has 1 saturated carbocycles. The van der Waals surface area contributed by atoms with Crippen molar-refractivity contribution in [2.24, 2.45) is 11.3 Å². The van der Waals surface area contributed by atoms with Gasteiger partial charge in [-0.05, 0) is 88.3 Å². The highest BCUT2D eigenvalue weighted by Crippen LogP contribution is 2.41. The standard InChI is InChI=1S/C31H38N6OS/c1-18-25(28-36-26-19(2)32-13-12-24(26)39-28)27(35-23-11-10-22(14-23)30(3,4)38)37-29(34-18)33-17-31(5)15-20-8-6-7-9-21(20)16-31/h6-9,12-13,22-23,38H,10-11,14-17H2,1-5H3,(H2,33,34,35,37). The lowest BCUT2D eigenvalue weighted by atomic mass is 9.87. The number of thiazole rings is 1. The molecule has 0 bridgehead atoms. The molecule has 1 aromatic carbocycles. The van der Waals surface area contributed by atoms with Gasteiger partial charge < -0.3 is 15.7 Å². The summed E-state index contributed by atoms with van der Waals surface area (Å²) < 4.78 is 1.11. The van der Waals surface area contributed by atoms with Crippen molar-refractivity contribution < 1.29 is 5.11 Å². The molecule has 4 aromatic rings. The van der Waals surface area contributed by atoms with Crippen LogP contribution in [0.4, 0.5) is 11.8 Å². The van der Waals surface area contributed by atoms with Gasteiger partial charge in [0.2, 0.25) is 5.95 Å². The van der Waals surface area contributed by atoms with E-state index >= 15 is 0 Å². The predicted molar refractivity (Wildman–Crippen MR) is 159 cm³/mol. The highest BCUT2D eigenvalue weighted by Gasteiger charge is 2.36. The lowest BCUT2D eigenvalue weighted by Crippen LogP contribution is -2.30. The minimum absolute atomic E-state index is 0.121. The molecule has 3 aromatic heterocycles. The molecule has 2 unspecified atom stereocenters. The van der Waals surface area contributed by atoms with Crippen molar-refractivity contribution in [2.75, 3.05) is 17.2 Å². The summed E-state index contributed by atoms with van der Waals surface area (Å²) in [6.07, 6.45) is 6.85. The number of nitrogens with one attached hydrogen (secondary N) is 2. The molecular weight excluding hydrogens is 504 g/mol. The van der Waals surface area contributed by atoms with Gasteiger partial charge in [0, 0.05) is 18.8 Å². The zero-order valence-corrected chi connectivity index (χ0v) is 24.3. The van der Waals surface area contributed by atoms with Crippen molar-refractivity contribution in [3.63, 3.8) is 0 Å². The Kier molecular flexibility index (Phi) is 6.58. The van der Waals surface area contributed by atoms with Gasteiger partial charge >= 0.3 is 0 Å². The highest BCUT2D eigenvalue weighted by molar-refractivity contribution is 7.21. The van der Waals surface area contributed by atoms with Gasteiger partial charge in [-0.3, -0.25) is 4.98 Å². The Morgan fingerprint density at radius 1 is 1.03 bits per heavy atom. The Bertz CT molecular complexity index is 1500. The van der Waals surface area contributed by atoms with E-state index in [1.165, 1.54) is 11.1 Å². The number of aryl methyl sites for hydroxylation is 2. The Labute approximate surface area is 234 Å². The van der Waals surface area contributed by atoms with Crippen LogP contribution in [0.3, 0.4) is 0 Å². The molecule has 2 aliphatic carbocycles. The van der Waals surface area contributed by atoms with Crippen LogP contribution in [0.15, 0.2) is 36.5 Å². The van der Waals surface area contributed by atoms with Crippen LogP contribution < -0.4 is 10.6 Å². The maximum Gasteiger partial charge on any atom is 0.224 e. The van der Waals surface area contributed by atoms with Gasteiger partial charge in [-0.2, -0.15) is 4.98 Å². The monoisotopic (exact) mass is 542 g/mol. The van der Waals surface area contributed by atoms with Crippen LogP contribution in [0.5, 0.6) is 0 Å². The summed E-state index contributed by atoms with van der Waals surface area (Å²) in [6.45, 7) is 11.0. The topological polar surface area (TPSA) is 95.9 Å². The van der Waals surface area contributed by atoms with Crippen molar-refractivity contribution in [1.29, 1.82) is 0 Å². The van der Waals surface area contributed by atoms with Crippen LogP contribution in [-0.4, -0.2) is 43.2 Å². The highest BCUT2D eigenvalue weighted by atomic mass is 32.1. The first-order valence-corrected chi connectivity index (χ1v) is 14.8. The van der Waals surface area contributed by atoms with Gasteiger partial charge in [0.1, 0.15) is 16.3 Å². The van der Waals surface area contributed by atoms with Gasteiger partial charge in [0.05, 0.1) is 27.3 Å². The Morgan fingerprint density at radius 2 is 1.77 bits per heavy atom. The van der Waals surface area contributed by atoms with Crippen LogP contribution in [0.1, 0.15) is 62.5 Å². The first-order valence-electron chi connectivity index (χ1n) is 14.0. The first-order chi connectivity index (χ1) is 18.6. The number of pyridine rings is 1. The zero-order chi connectivity index (χ0) is 27.4. The quantitative estimate of drug-likeness (QED) is 0.251. The number of benzene rings is 1. The van der Waals surface area contributed by atoms with Gasteiger partial charge in [-0.1, -0.05) is 31.2 Å². The summed E-state index contributed by atoms with van der Waals surface area (Å²) in [5.74, 6) is 1.72. The Balaban J connectivity index is 1.31. The maximum absolute atomic E-state index is 10.6. The summed E-state index contributed by atoms with van der Waals surface area (Å²) in [5.41, 5.74) is 6.04. The Hall–Kier alpha value is -3.10. The minimum atomic E-state index is -0.681. The molecule has 8 heteroatoms. The normalized spacial score (nSPS) is 20.4. The molecule has 6 rings (SSSR count). The number of nitrogens with zero attached hydrogens (tertiary/aromatic N) is 4. The maximum atomic E-state index is 10.6. The molecule has 3 N–H and O–H groups in total. The molecule has 3 heterocycles. The van der Waals surface area contributed by atoms with E-state index < -0.39 is 5.60 Å². The smallest absolute Gasteiger partial charge is 0.224 e. The largest absolute Gasteiger partial charge is 0.390 e. The molecule has 0 amide bonds. The lowest BCUT2D eigenvalue weighted by Gasteiger charge is -2.26. The Morgan fingerprint density at radius 3 is 2.44 bits per heavy atom. The van der Waals surface area contributed by atoms with E-state index in [9.17, 15) is 5.11 Å². The predicted octanol–water partition coefficient (Wildman–Crippen LogP) is 6.33. The van der Waals surface area contributed by atoms with Gasteiger partial charge in [0.15, 0.2) is 0 Å². The molecule has 0 saturated heterocycles. The number of fused-ring (bicyclic) bond motifs is 2. The molecule has 39 heavy (non-hydrogen) atoms. The van der Waals surface area contributed by atoms with E-state index in [1.54, 1.807) is 11.3 Å². The van der Waals surface area contributed by atoms with Gasteiger partial charge in [-0.25, -0.2) is 9.97 Å². The number of anilines is 2. The number of aliphatic hydroxyl groups is 1.